The van der Waals surface area contributed by atoms with E-state index < -0.39 is 29.5 Å². The number of aliphatic hydroxyl groups is 1. The fourth-order valence-electron chi connectivity index (χ4n) is 1.95. The summed E-state index contributed by atoms with van der Waals surface area (Å²) in [5.41, 5.74) is 0.289. The number of allylic oxidation sites excluding steroid dienone is 4. The van der Waals surface area contributed by atoms with Gasteiger partial charge in [0.05, 0.1) is 12.2 Å². The van der Waals surface area contributed by atoms with Crippen LogP contribution in [0.4, 0.5) is 0 Å². The van der Waals surface area contributed by atoms with Gasteiger partial charge in [0.15, 0.2) is 0 Å². The predicted octanol–water partition coefficient (Wildman–Crippen LogP) is 2.41. The molecule has 1 saturated heterocycles. The highest BCUT2D eigenvalue weighted by Gasteiger charge is 2.35. The molecule has 0 aromatic heterocycles. The molecule has 130 valence electrons. The third-order valence-corrected chi connectivity index (χ3v) is 3.09. The Kier molecular flexibility index (Phi) is 4.84. The van der Waals surface area contributed by atoms with Crippen molar-refractivity contribution in [3.8, 4) is 0 Å². The maximum atomic E-state index is 11.8. The van der Waals surface area contributed by atoms with Crippen LogP contribution in [0.3, 0.4) is 0 Å². The Hall–Kier alpha value is -2.54. The lowest BCUT2D eigenvalue weighted by Gasteiger charge is -2.30. The molecule has 0 radical (unpaired) electrons. The molecular weight excluding hydrogens is 316 g/mol. The molecule has 0 bridgehead atoms. The highest BCUT2D eigenvalue weighted by molar-refractivity contribution is 5.92. The van der Waals surface area contributed by atoms with E-state index >= 15 is 0 Å². The third kappa shape index (κ3) is 4.48. The second-order valence-corrected chi connectivity index (χ2v) is 6.12. The summed E-state index contributed by atoms with van der Waals surface area (Å²) in [6, 6.07) is 0. The van der Waals surface area contributed by atoms with Crippen molar-refractivity contribution < 1.29 is 33.6 Å². The van der Waals surface area contributed by atoms with E-state index in [-0.39, 0.29) is 12.2 Å². The van der Waals surface area contributed by atoms with Crippen LogP contribution in [0, 0.1) is 0 Å². The first-order valence-corrected chi connectivity index (χ1v) is 7.36. The second kappa shape index (κ2) is 6.52. The molecule has 1 N–H and O–H groups in total. The number of cyclic esters (lactones) is 2. The Labute approximate surface area is 139 Å². The topological polar surface area (TPSA) is 91.3 Å². The number of hydrogen-bond donors (Lipinski definition) is 1. The van der Waals surface area contributed by atoms with Gasteiger partial charge in [-0.25, -0.2) is 9.59 Å². The molecule has 1 fully saturated rings. The monoisotopic (exact) mass is 336 g/mol. The van der Waals surface area contributed by atoms with Crippen molar-refractivity contribution in [3.05, 3.63) is 47.5 Å². The van der Waals surface area contributed by atoms with E-state index in [0.29, 0.717) is 5.57 Å². The van der Waals surface area contributed by atoms with Crippen molar-refractivity contribution in [2.45, 2.75) is 39.3 Å². The molecule has 7 heteroatoms. The third-order valence-electron chi connectivity index (χ3n) is 3.09. The average molecular weight is 336 g/mol. The lowest BCUT2D eigenvalue weighted by molar-refractivity contribution is -0.224. The smallest absolute Gasteiger partial charge is 0.348 e. The first kappa shape index (κ1) is 17.8. The van der Waals surface area contributed by atoms with E-state index in [1.165, 1.54) is 26.0 Å². The Morgan fingerprint density at radius 2 is 1.58 bits per heavy atom. The van der Waals surface area contributed by atoms with Crippen LogP contribution in [-0.2, 0) is 28.5 Å². The van der Waals surface area contributed by atoms with Gasteiger partial charge in [-0.2, -0.15) is 0 Å². The first-order valence-electron chi connectivity index (χ1n) is 7.36. The van der Waals surface area contributed by atoms with Crippen LogP contribution < -0.4 is 0 Å². The van der Waals surface area contributed by atoms with Gasteiger partial charge < -0.3 is 24.1 Å². The molecule has 0 aliphatic carbocycles. The van der Waals surface area contributed by atoms with Gasteiger partial charge in [0.25, 0.3) is 11.7 Å². The minimum atomic E-state index is -1.20. The maximum Gasteiger partial charge on any atom is 0.348 e. The molecule has 0 aromatic rings. The first-order chi connectivity index (χ1) is 11.1. The number of carbonyl (C=O) groups excluding carboxylic acids is 2. The quantitative estimate of drug-likeness (QED) is 0.481. The largest absolute Gasteiger partial charge is 0.480 e. The van der Waals surface area contributed by atoms with Gasteiger partial charge in [0, 0.05) is 27.7 Å². The second-order valence-electron chi connectivity index (χ2n) is 6.12. The molecule has 0 spiro atoms. The summed E-state index contributed by atoms with van der Waals surface area (Å²) < 4.78 is 20.5. The van der Waals surface area contributed by atoms with Crippen molar-refractivity contribution in [2.75, 3.05) is 6.61 Å². The summed E-state index contributed by atoms with van der Waals surface area (Å²) in [4.78, 5) is 23.5. The van der Waals surface area contributed by atoms with E-state index in [2.05, 4.69) is 0 Å². The summed E-state index contributed by atoms with van der Waals surface area (Å²) in [6.07, 6.45) is 7.57. The summed E-state index contributed by atoms with van der Waals surface area (Å²) >= 11 is 0. The molecule has 0 amide bonds. The van der Waals surface area contributed by atoms with Gasteiger partial charge in [-0.15, -0.1) is 0 Å². The minimum absolute atomic E-state index is 0.0891. The molecular formula is C17H20O7. The average Bonchev–Trinajstić information content (AvgIpc) is 2.41. The van der Waals surface area contributed by atoms with E-state index in [0.717, 1.165) is 0 Å². The summed E-state index contributed by atoms with van der Waals surface area (Å²) in [5.74, 6) is -3.74. The summed E-state index contributed by atoms with van der Waals surface area (Å²) in [7, 11) is 0. The lowest BCUT2D eigenvalue weighted by atomic mass is 10.2. The van der Waals surface area contributed by atoms with Gasteiger partial charge in [-0.1, -0.05) is 18.2 Å². The molecule has 2 rings (SSSR count). The van der Waals surface area contributed by atoms with Crippen LogP contribution in [0.5, 0.6) is 0 Å². The van der Waals surface area contributed by atoms with E-state index in [1.54, 1.807) is 32.1 Å². The zero-order valence-corrected chi connectivity index (χ0v) is 14.0. The summed E-state index contributed by atoms with van der Waals surface area (Å²) in [5, 5.41) is 9.71. The van der Waals surface area contributed by atoms with E-state index in [4.69, 9.17) is 18.9 Å². The molecule has 0 atom stereocenters. The molecule has 0 unspecified atom stereocenters. The Bertz CT molecular complexity index is 662. The van der Waals surface area contributed by atoms with Crippen LogP contribution in [-0.4, -0.2) is 35.2 Å². The standard InChI is InChI=1S/C17H20O7/c1-16(2)21-10-11(13(18)22-16)8-6-5-7-9-12-14(19)23-17(3,4)24-15(12)20/h5-9,19H,10H2,1-4H3. The van der Waals surface area contributed by atoms with Gasteiger partial charge in [0.1, 0.15) is 5.57 Å². The number of hydrogen-bond acceptors (Lipinski definition) is 7. The van der Waals surface area contributed by atoms with Gasteiger partial charge >= 0.3 is 11.9 Å². The number of rotatable bonds is 3. The van der Waals surface area contributed by atoms with Crippen LogP contribution >= 0.6 is 0 Å². The Balaban J connectivity index is 1.99. The molecule has 2 aliphatic heterocycles. The summed E-state index contributed by atoms with van der Waals surface area (Å²) in [6.45, 7) is 6.50. The molecule has 0 aromatic carbocycles. The lowest BCUT2D eigenvalue weighted by Crippen LogP contribution is -2.38. The number of ether oxygens (including phenoxy) is 4. The van der Waals surface area contributed by atoms with Crippen molar-refractivity contribution in [3.63, 3.8) is 0 Å². The Morgan fingerprint density at radius 1 is 0.917 bits per heavy atom. The molecule has 7 nitrogen and oxygen atoms in total. The highest BCUT2D eigenvalue weighted by Crippen LogP contribution is 2.25. The molecule has 2 heterocycles. The van der Waals surface area contributed by atoms with Crippen molar-refractivity contribution in [1.82, 2.24) is 0 Å². The minimum Gasteiger partial charge on any atom is -0.480 e. The predicted molar refractivity (Wildman–Crippen MR) is 83.4 cm³/mol. The zero-order valence-electron chi connectivity index (χ0n) is 14.0. The van der Waals surface area contributed by atoms with Crippen LogP contribution in [0.2, 0.25) is 0 Å². The van der Waals surface area contributed by atoms with Crippen molar-refractivity contribution in [2.24, 2.45) is 0 Å². The Morgan fingerprint density at radius 3 is 2.21 bits per heavy atom. The highest BCUT2D eigenvalue weighted by atomic mass is 16.8. The van der Waals surface area contributed by atoms with Crippen LogP contribution in [0.25, 0.3) is 0 Å². The molecule has 0 saturated carbocycles. The fourth-order valence-corrected chi connectivity index (χ4v) is 1.95. The van der Waals surface area contributed by atoms with Crippen LogP contribution in [0.1, 0.15) is 27.7 Å². The van der Waals surface area contributed by atoms with Gasteiger partial charge in [-0.05, 0) is 12.2 Å². The SMILES string of the molecule is CC1(C)OCC(=CC=CC=CC2=C(O)OC(C)(C)OC2=O)C(=O)O1. The number of carbonyl (C=O) groups is 2. The van der Waals surface area contributed by atoms with E-state index in [9.17, 15) is 14.7 Å². The van der Waals surface area contributed by atoms with Crippen molar-refractivity contribution in [1.29, 1.82) is 0 Å². The van der Waals surface area contributed by atoms with Gasteiger partial charge in [-0.3, -0.25) is 0 Å². The van der Waals surface area contributed by atoms with Gasteiger partial charge in [0.2, 0.25) is 5.79 Å². The van der Waals surface area contributed by atoms with Crippen molar-refractivity contribution >= 4 is 11.9 Å². The normalized spacial score (nSPS) is 25.1. The number of aliphatic hydroxyl groups excluding tert-OH is 1. The zero-order chi connectivity index (χ0) is 18.0. The molecule has 2 aliphatic rings. The maximum absolute atomic E-state index is 11.8. The fraction of sp³-hybridized carbons (Fsp3) is 0.412. The number of esters is 2. The van der Waals surface area contributed by atoms with Crippen LogP contribution in [0.15, 0.2) is 47.5 Å². The van der Waals surface area contributed by atoms with E-state index in [1.807, 2.05) is 0 Å². The molecule has 24 heavy (non-hydrogen) atoms.